The van der Waals surface area contributed by atoms with Crippen LogP contribution in [0, 0.1) is 25.6 Å². The monoisotopic (exact) mass is 209 g/mol. The van der Waals surface area contributed by atoms with Crippen molar-refractivity contribution in [1.82, 2.24) is 0 Å². The lowest BCUT2D eigenvalue weighted by Crippen LogP contribution is -2.40. The smallest absolute Gasteiger partial charge is 0.128 e. The molecule has 2 heteroatoms. The Morgan fingerprint density at radius 3 is 2.20 bits per heavy atom. The first kappa shape index (κ1) is 12.2. The van der Waals surface area contributed by atoms with Crippen LogP contribution in [-0.2, 0) is 5.54 Å². The van der Waals surface area contributed by atoms with Crippen molar-refractivity contribution >= 4 is 0 Å². The third kappa shape index (κ3) is 2.20. The Kier molecular flexibility index (Phi) is 3.19. The lowest BCUT2D eigenvalue weighted by atomic mass is 9.80. The third-order valence-electron chi connectivity index (χ3n) is 3.17. The predicted molar refractivity (Wildman–Crippen MR) is 62.3 cm³/mol. The van der Waals surface area contributed by atoms with Crippen LogP contribution in [0.2, 0.25) is 0 Å². The van der Waals surface area contributed by atoms with Crippen molar-refractivity contribution in [2.24, 2.45) is 11.7 Å². The molecular weight excluding hydrogens is 189 g/mol. The van der Waals surface area contributed by atoms with Gasteiger partial charge in [0.25, 0.3) is 0 Å². The molecule has 1 aromatic rings. The number of hydrogen-bond donors (Lipinski definition) is 1. The highest BCUT2D eigenvalue weighted by Crippen LogP contribution is 2.31. The van der Waals surface area contributed by atoms with E-state index in [1.54, 1.807) is 6.07 Å². The molecule has 0 aliphatic carbocycles. The van der Waals surface area contributed by atoms with Crippen molar-refractivity contribution in [2.45, 2.75) is 40.2 Å². The van der Waals surface area contributed by atoms with Gasteiger partial charge in [-0.3, -0.25) is 0 Å². The summed E-state index contributed by atoms with van der Waals surface area (Å²) in [5.74, 6) is 0.0135. The average Bonchev–Trinajstić information content (AvgIpc) is 2.00. The van der Waals surface area contributed by atoms with Gasteiger partial charge in [-0.1, -0.05) is 19.9 Å². The van der Waals surface area contributed by atoms with E-state index in [0.717, 1.165) is 11.1 Å². The van der Waals surface area contributed by atoms with Gasteiger partial charge in [0.1, 0.15) is 5.82 Å². The van der Waals surface area contributed by atoms with E-state index >= 15 is 0 Å². The molecule has 1 unspecified atom stereocenters. The molecule has 1 nitrogen and oxygen atoms in total. The topological polar surface area (TPSA) is 26.0 Å². The summed E-state index contributed by atoms with van der Waals surface area (Å²) >= 11 is 0. The number of halogens is 1. The molecule has 0 bridgehead atoms. The minimum Gasteiger partial charge on any atom is -0.321 e. The molecule has 0 radical (unpaired) electrons. The Labute approximate surface area is 91.5 Å². The maximum atomic E-state index is 13.9. The molecule has 0 saturated carbocycles. The van der Waals surface area contributed by atoms with E-state index in [-0.39, 0.29) is 11.7 Å². The summed E-state index contributed by atoms with van der Waals surface area (Å²) in [6, 6.07) is 3.53. The van der Waals surface area contributed by atoms with Crippen LogP contribution in [0.3, 0.4) is 0 Å². The summed E-state index contributed by atoms with van der Waals surface area (Å²) in [5.41, 5.74) is 8.10. The largest absolute Gasteiger partial charge is 0.321 e. The molecule has 2 N–H and O–H groups in total. The molecule has 0 aliphatic rings. The fraction of sp³-hybridized carbons (Fsp3) is 0.538. The van der Waals surface area contributed by atoms with E-state index in [0.29, 0.717) is 5.56 Å². The molecule has 0 heterocycles. The normalized spacial score (nSPS) is 15.5. The third-order valence-corrected chi connectivity index (χ3v) is 3.17. The van der Waals surface area contributed by atoms with Crippen molar-refractivity contribution in [3.63, 3.8) is 0 Å². The summed E-state index contributed by atoms with van der Waals surface area (Å²) in [4.78, 5) is 0. The summed E-state index contributed by atoms with van der Waals surface area (Å²) in [5, 5.41) is 0. The molecule has 0 aliphatic heterocycles. The Balaban J connectivity index is 3.38. The van der Waals surface area contributed by atoms with Crippen LogP contribution in [0.4, 0.5) is 4.39 Å². The number of hydrogen-bond acceptors (Lipinski definition) is 1. The Morgan fingerprint density at radius 1 is 1.27 bits per heavy atom. The number of aryl methyl sites for hydroxylation is 2. The van der Waals surface area contributed by atoms with E-state index in [1.165, 1.54) is 0 Å². The second-order valence-electron chi connectivity index (χ2n) is 4.88. The molecule has 0 fully saturated rings. The zero-order valence-electron chi connectivity index (χ0n) is 10.2. The van der Waals surface area contributed by atoms with E-state index < -0.39 is 5.54 Å². The SMILES string of the molecule is Cc1cc(C)c(C(C)(N)C(C)C)c(F)c1. The van der Waals surface area contributed by atoms with Crippen molar-refractivity contribution in [3.8, 4) is 0 Å². The highest BCUT2D eigenvalue weighted by Gasteiger charge is 2.30. The lowest BCUT2D eigenvalue weighted by molar-refractivity contribution is 0.335. The van der Waals surface area contributed by atoms with E-state index in [2.05, 4.69) is 0 Å². The van der Waals surface area contributed by atoms with Crippen molar-refractivity contribution < 1.29 is 4.39 Å². The maximum Gasteiger partial charge on any atom is 0.128 e. The molecule has 1 atom stereocenters. The Hall–Kier alpha value is -0.890. The van der Waals surface area contributed by atoms with E-state index in [4.69, 9.17) is 5.73 Å². The Morgan fingerprint density at radius 2 is 1.80 bits per heavy atom. The molecule has 0 amide bonds. The first-order valence-corrected chi connectivity index (χ1v) is 5.33. The average molecular weight is 209 g/mol. The van der Waals surface area contributed by atoms with Crippen molar-refractivity contribution in [3.05, 3.63) is 34.6 Å². The van der Waals surface area contributed by atoms with Crippen LogP contribution in [-0.4, -0.2) is 0 Å². The number of rotatable bonds is 2. The van der Waals surface area contributed by atoms with Crippen LogP contribution in [0.1, 0.15) is 37.5 Å². The van der Waals surface area contributed by atoms with Gasteiger partial charge < -0.3 is 5.73 Å². The van der Waals surface area contributed by atoms with Gasteiger partial charge in [-0.2, -0.15) is 0 Å². The molecule has 0 saturated heterocycles. The highest BCUT2D eigenvalue weighted by molar-refractivity contribution is 5.37. The minimum absolute atomic E-state index is 0.189. The summed E-state index contributed by atoms with van der Waals surface area (Å²) in [7, 11) is 0. The van der Waals surface area contributed by atoms with E-state index in [9.17, 15) is 4.39 Å². The first-order chi connectivity index (χ1) is 6.76. The van der Waals surface area contributed by atoms with Crippen molar-refractivity contribution in [1.29, 1.82) is 0 Å². The summed E-state index contributed by atoms with van der Waals surface area (Å²) < 4.78 is 13.9. The second-order valence-corrected chi connectivity index (χ2v) is 4.88. The van der Waals surface area contributed by atoms with Gasteiger partial charge in [0.15, 0.2) is 0 Å². The van der Waals surface area contributed by atoms with Crippen LogP contribution in [0.5, 0.6) is 0 Å². The molecule has 84 valence electrons. The lowest BCUT2D eigenvalue weighted by Gasteiger charge is -2.31. The highest BCUT2D eigenvalue weighted by atomic mass is 19.1. The molecule has 1 rings (SSSR count). The van der Waals surface area contributed by atoms with E-state index in [1.807, 2.05) is 40.7 Å². The Bertz CT molecular complexity index is 344. The standard InChI is InChI=1S/C13H20FN/c1-8(2)13(5,15)12-10(4)6-9(3)7-11(12)14/h6-8H,15H2,1-5H3. The fourth-order valence-electron chi connectivity index (χ4n) is 1.89. The zero-order valence-corrected chi connectivity index (χ0v) is 10.2. The molecule has 15 heavy (non-hydrogen) atoms. The van der Waals surface area contributed by atoms with Crippen molar-refractivity contribution in [2.75, 3.05) is 0 Å². The summed E-state index contributed by atoms with van der Waals surface area (Å²) in [6.07, 6.45) is 0. The number of benzene rings is 1. The van der Waals surface area contributed by atoms with Crippen LogP contribution in [0.25, 0.3) is 0 Å². The van der Waals surface area contributed by atoms with Gasteiger partial charge in [0.05, 0.1) is 0 Å². The molecule has 0 spiro atoms. The molecule has 1 aromatic carbocycles. The quantitative estimate of drug-likeness (QED) is 0.794. The second kappa shape index (κ2) is 3.93. The van der Waals surface area contributed by atoms with Gasteiger partial charge >= 0.3 is 0 Å². The fourth-order valence-corrected chi connectivity index (χ4v) is 1.89. The number of nitrogens with two attached hydrogens (primary N) is 1. The summed E-state index contributed by atoms with van der Waals surface area (Å²) in [6.45, 7) is 9.72. The first-order valence-electron chi connectivity index (χ1n) is 5.33. The van der Waals surface area contributed by atoms with Crippen LogP contribution >= 0.6 is 0 Å². The maximum absolute atomic E-state index is 13.9. The zero-order chi connectivity index (χ0) is 11.8. The minimum atomic E-state index is -0.609. The van der Waals surface area contributed by atoms with Crippen LogP contribution in [0.15, 0.2) is 12.1 Å². The predicted octanol–water partition coefficient (Wildman–Crippen LogP) is 3.27. The van der Waals surface area contributed by atoms with Gasteiger partial charge in [-0.25, -0.2) is 4.39 Å². The van der Waals surface area contributed by atoms with Gasteiger partial charge in [0, 0.05) is 11.1 Å². The van der Waals surface area contributed by atoms with Gasteiger partial charge in [-0.15, -0.1) is 0 Å². The molecule has 0 aromatic heterocycles. The van der Waals surface area contributed by atoms with Gasteiger partial charge in [-0.05, 0) is 43.9 Å². The van der Waals surface area contributed by atoms with Crippen LogP contribution < -0.4 is 5.73 Å². The molecular formula is C13H20FN. The van der Waals surface area contributed by atoms with Gasteiger partial charge in [0.2, 0.25) is 0 Å².